The fourth-order valence-electron chi connectivity index (χ4n) is 2.56. The summed E-state index contributed by atoms with van der Waals surface area (Å²) >= 11 is 0. The van der Waals surface area contributed by atoms with E-state index in [-0.39, 0.29) is 17.5 Å². The van der Waals surface area contributed by atoms with E-state index in [1.54, 1.807) is 42.5 Å². The fraction of sp³-hybridized carbons (Fsp3) is 0.143. The summed E-state index contributed by atoms with van der Waals surface area (Å²) in [5.74, 6) is -0.504. The Morgan fingerprint density at radius 2 is 1.74 bits per heavy atom. The number of amides is 2. The second-order valence-corrected chi connectivity index (χ2v) is 6.08. The zero-order chi connectivity index (χ0) is 19.1. The highest BCUT2D eigenvalue weighted by Crippen LogP contribution is 2.10. The molecule has 0 aliphatic heterocycles. The minimum absolute atomic E-state index is 0.224. The van der Waals surface area contributed by atoms with E-state index < -0.39 is 0 Å². The van der Waals surface area contributed by atoms with Gasteiger partial charge in [-0.2, -0.15) is 0 Å². The van der Waals surface area contributed by atoms with Crippen LogP contribution in [0.15, 0.2) is 73.2 Å². The molecule has 0 unspecified atom stereocenters. The summed E-state index contributed by atoms with van der Waals surface area (Å²) in [4.78, 5) is 34.7. The van der Waals surface area contributed by atoms with Gasteiger partial charge in [0.1, 0.15) is 5.69 Å². The molecule has 136 valence electrons. The molecule has 27 heavy (non-hydrogen) atoms. The van der Waals surface area contributed by atoms with Crippen LogP contribution in [0, 0.1) is 0 Å². The first-order valence-corrected chi connectivity index (χ1v) is 8.60. The monoisotopic (exact) mass is 360 g/mol. The van der Waals surface area contributed by atoms with Crippen LogP contribution < -0.4 is 5.32 Å². The number of carbonyl (C=O) groups excluding carboxylic acids is 2. The van der Waals surface area contributed by atoms with Gasteiger partial charge in [0.15, 0.2) is 0 Å². The Hall–Kier alpha value is -3.54. The van der Waals surface area contributed by atoms with E-state index in [1.165, 1.54) is 12.3 Å². The van der Waals surface area contributed by atoms with E-state index in [9.17, 15) is 9.59 Å². The molecule has 2 aromatic heterocycles. The summed E-state index contributed by atoms with van der Waals surface area (Å²) < 4.78 is 0. The molecule has 0 bridgehead atoms. The lowest BCUT2D eigenvalue weighted by atomic mass is 10.1. The van der Waals surface area contributed by atoms with Gasteiger partial charge < -0.3 is 10.2 Å². The number of hydrogen-bond donors (Lipinski definition) is 1. The molecule has 0 saturated carbocycles. The maximum Gasteiger partial charge on any atom is 0.272 e. The number of anilines is 1. The van der Waals surface area contributed by atoms with Gasteiger partial charge in [-0.1, -0.05) is 18.2 Å². The van der Waals surface area contributed by atoms with Crippen molar-refractivity contribution in [1.82, 2.24) is 14.9 Å². The molecule has 3 rings (SSSR count). The predicted octanol–water partition coefficient (Wildman–Crippen LogP) is 3.04. The largest absolute Gasteiger partial charge is 0.340 e. The molecule has 6 heteroatoms. The molecule has 0 saturated heterocycles. The number of hydrogen-bond acceptors (Lipinski definition) is 4. The van der Waals surface area contributed by atoms with E-state index in [1.807, 2.05) is 30.3 Å². The summed E-state index contributed by atoms with van der Waals surface area (Å²) in [6.45, 7) is 0.547. The van der Waals surface area contributed by atoms with Gasteiger partial charge in [0.2, 0.25) is 0 Å². The lowest BCUT2D eigenvalue weighted by Gasteiger charge is -2.17. The number of carbonyl (C=O) groups is 2. The molecule has 0 radical (unpaired) electrons. The molecule has 0 atom stereocenters. The van der Waals surface area contributed by atoms with Gasteiger partial charge >= 0.3 is 0 Å². The van der Waals surface area contributed by atoms with Crippen LogP contribution in [0.1, 0.15) is 26.4 Å². The van der Waals surface area contributed by atoms with E-state index >= 15 is 0 Å². The molecule has 0 aliphatic carbocycles. The van der Waals surface area contributed by atoms with Crippen molar-refractivity contribution in [3.8, 4) is 0 Å². The van der Waals surface area contributed by atoms with Crippen LogP contribution in [-0.4, -0.2) is 40.3 Å². The number of aromatic nitrogens is 2. The van der Waals surface area contributed by atoms with Crippen LogP contribution in [0.25, 0.3) is 0 Å². The summed E-state index contributed by atoms with van der Waals surface area (Å²) in [7, 11) is 1.72. The Morgan fingerprint density at radius 3 is 2.48 bits per heavy atom. The number of benzene rings is 1. The van der Waals surface area contributed by atoms with Gasteiger partial charge in [-0.05, 0) is 48.4 Å². The van der Waals surface area contributed by atoms with Gasteiger partial charge in [-0.15, -0.1) is 0 Å². The molecular weight excluding hydrogens is 340 g/mol. The Morgan fingerprint density at radius 1 is 1.00 bits per heavy atom. The molecular formula is C21H20N4O2. The lowest BCUT2D eigenvalue weighted by Crippen LogP contribution is -2.29. The molecule has 0 fully saturated rings. The smallest absolute Gasteiger partial charge is 0.272 e. The molecule has 3 aromatic rings. The SMILES string of the molecule is CN(CCc1ccncc1)C(=O)c1cc(C(=O)Nc2ccccc2)ccn1. The molecule has 0 aliphatic rings. The standard InChI is InChI=1S/C21H20N4O2/c1-25(14-10-16-7-11-22-12-8-16)21(27)19-15-17(9-13-23-19)20(26)24-18-5-3-2-4-6-18/h2-9,11-13,15H,10,14H2,1H3,(H,24,26). The first-order chi connectivity index (χ1) is 13.1. The van der Waals surface area contributed by atoms with Gasteiger partial charge in [0.05, 0.1) is 0 Å². The highest BCUT2D eigenvalue weighted by atomic mass is 16.2. The number of pyridine rings is 2. The number of nitrogens with zero attached hydrogens (tertiary/aromatic N) is 3. The normalized spacial score (nSPS) is 10.3. The van der Waals surface area contributed by atoms with Crippen molar-refractivity contribution in [3.05, 3.63) is 90.0 Å². The van der Waals surface area contributed by atoms with Crippen LogP contribution in [-0.2, 0) is 6.42 Å². The first kappa shape index (κ1) is 18.3. The third-order valence-corrected chi connectivity index (χ3v) is 4.10. The van der Waals surface area contributed by atoms with E-state index in [0.29, 0.717) is 17.8 Å². The second kappa shape index (κ2) is 8.71. The highest BCUT2D eigenvalue weighted by molar-refractivity contribution is 6.05. The Kier molecular flexibility index (Phi) is 5.89. The van der Waals surface area contributed by atoms with Crippen LogP contribution in [0.5, 0.6) is 0 Å². The van der Waals surface area contributed by atoms with Crippen LogP contribution in [0.4, 0.5) is 5.69 Å². The fourth-order valence-corrected chi connectivity index (χ4v) is 2.56. The number of nitrogens with one attached hydrogen (secondary N) is 1. The number of rotatable bonds is 6. The van der Waals surface area contributed by atoms with Crippen LogP contribution in [0.3, 0.4) is 0 Å². The van der Waals surface area contributed by atoms with E-state index in [4.69, 9.17) is 0 Å². The van der Waals surface area contributed by atoms with Gasteiger partial charge in [0, 0.05) is 43.4 Å². The predicted molar refractivity (Wildman–Crippen MR) is 104 cm³/mol. The highest BCUT2D eigenvalue weighted by Gasteiger charge is 2.15. The van der Waals surface area contributed by atoms with Crippen molar-refractivity contribution >= 4 is 17.5 Å². The van der Waals surface area contributed by atoms with Crippen molar-refractivity contribution in [1.29, 1.82) is 0 Å². The van der Waals surface area contributed by atoms with E-state index in [2.05, 4.69) is 15.3 Å². The van der Waals surface area contributed by atoms with Gasteiger partial charge in [-0.25, -0.2) is 0 Å². The van der Waals surface area contributed by atoms with Gasteiger partial charge in [0.25, 0.3) is 11.8 Å². The average molecular weight is 360 g/mol. The molecule has 1 N–H and O–H groups in total. The average Bonchev–Trinajstić information content (AvgIpc) is 2.73. The molecule has 1 aromatic carbocycles. The van der Waals surface area contributed by atoms with Crippen molar-refractivity contribution in [2.45, 2.75) is 6.42 Å². The Labute approximate surface area is 157 Å². The number of para-hydroxylation sites is 1. The summed E-state index contributed by atoms with van der Waals surface area (Å²) in [6, 6.07) is 16.1. The zero-order valence-corrected chi connectivity index (χ0v) is 15.0. The summed E-state index contributed by atoms with van der Waals surface area (Å²) in [5.41, 5.74) is 2.43. The Bertz CT molecular complexity index is 914. The number of likely N-dealkylation sites (N-methyl/N-ethyl adjacent to an activating group) is 1. The van der Waals surface area contributed by atoms with Crippen molar-refractivity contribution in [2.75, 3.05) is 18.9 Å². The molecule has 6 nitrogen and oxygen atoms in total. The maximum atomic E-state index is 12.6. The zero-order valence-electron chi connectivity index (χ0n) is 15.0. The van der Waals surface area contributed by atoms with Crippen molar-refractivity contribution < 1.29 is 9.59 Å². The third-order valence-electron chi connectivity index (χ3n) is 4.10. The van der Waals surface area contributed by atoms with Crippen molar-refractivity contribution in [3.63, 3.8) is 0 Å². The molecule has 2 heterocycles. The van der Waals surface area contributed by atoms with Gasteiger partial charge in [-0.3, -0.25) is 19.6 Å². The topological polar surface area (TPSA) is 75.2 Å². The molecule has 2 amide bonds. The van der Waals surface area contributed by atoms with Crippen LogP contribution in [0.2, 0.25) is 0 Å². The van der Waals surface area contributed by atoms with E-state index in [0.717, 1.165) is 12.0 Å². The maximum absolute atomic E-state index is 12.6. The third kappa shape index (κ3) is 4.98. The Balaban J connectivity index is 1.65. The quantitative estimate of drug-likeness (QED) is 0.733. The van der Waals surface area contributed by atoms with Crippen LogP contribution >= 0.6 is 0 Å². The van der Waals surface area contributed by atoms with Crippen molar-refractivity contribution in [2.24, 2.45) is 0 Å². The lowest BCUT2D eigenvalue weighted by molar-refractivity contribution is 0.0791. The minimum atomic E-state index is -0.280. The minimum Gasteiger partial charge on any atom is -0.340 e. The first-order valence-electron chi connectivity index (χ1n) is 8.60. The molecule has 0 spiro atoms. The summed E-state index contributed by atoms with van der Waals surface area (Å²) in [6.07, 6.45) is 5.66. The second-order valence-electron chi connectivity index (χ2n) is 6.08. The summed E-state index contributed by atoms with van der Waals surface area (Å²) in [5, 5.41) is 2.80.